The van der Waals surface area contributed by atoms with Crippen LogP contribution in [0.3, 0.4) is 0 Å². The highest BCUT2D eigenvalue weighted by Crippen LogP contribution is 2.35. The summed E-state index contributed by atoms with van der Waals surface area (Å²) in [6.45, 7) is 0. The first-order valence-electron chi connectivity index (χ1n) is 17.0. The third kappa shape index (κ3) is 6.05. The average Bonchev–Trinajstić information content (AvgIpc) is 3.20. The van der Waals surface area contributed by atoms with Crippen molar-refractivity contribution < 1.29 is 0 Å². The van der Waals surface area contributed by atoms with Crippen LogP contribution in [0.4, 0.5) is 0 Å². The van der Waals surface area contributed by atoms with Gasteiger partial charge in [-0.1, -0.05) is 170 Å². The maximum absolute atomic E-state index is 6.51. The summed E-state index contributed by atoms with van der Waals surface area (Å²) >= 11 is 6.51. The van der Waals surface area contributed by atoms with Crippen molar-refractivity contribution in [2.75, 3.05) is 0 Å². The van der Waals surface area contributed by atoms with E-state index in [9.17, 15) is 0 Å². The summed E-state index contributed by atoms with van der Waals surface area (Å²) in [5, 5.41) is 4.84. The Balaban J connectivity index is 1.01. The molecule has 0 amide bonds. The van der Waals surface area contributed by atoms with Gasteiger partial charge in [0.1, 0.15) is 0 Å². The Bertz CT molecular complexity index is 2680. The normalized spacial score (nSPS) is 11.2. The Hall–Kier alpha value is -6.42. The highest BCUT2D eigenvalue weighted by Gasteiger charge is 2.13. The Morgan fingerprint density at radius 2 is 0.784 bits per heavy atom. The molecular weight excluding hydrogens is 642 g/mol. The molecule has 0 N–H and O–H groups in total. The van der Waals surface area contributed by atoms with E-state index in [1.54, 1.807) is 0 Å². The lowest BCUT2D eigenvalue weighted by Crippen LogP contribution is -1.97. The molecule has 9 rings (SSSR count). The molecule has 9 aromatic rings. The minimum atomic E-state index is 0.163. The number of rotatable bonds is 6. The maximum Gasteiger partial charge on any atom is 0.226 e. The molecule has 0 spiro atoms. The zero-order chi connectivity index (χ0) is 34.1. The largest absolute Gasteiger partial charge is 0.226 e. The van der Waals surface area contributed by atoms with E-state index in [4.69, 9.17) is 16.6 Å². The van der Waals surface area contributed by atoms with Gasteiger partial charge in [-0.3, -0.25) is 0 Å². The predicted octanol–water partition coefficient (Wildman–Crippen LogP) is 12.8. The van der Waals surface area contributed by atoms with Crippen molar-refractivity contribution in [3.05, 3.63) is 187 Å². The van der Waals surface area contributed by atoms with Gasteiger partial charge in [0, 0.05) is 11.1 Å². The molecule has 8 aromatic carbocycles. The lowest BCUT2D eigenvalue weighted by Gasteiger charge is -2.11. The molecule has 4 heteroatoms. The van der Waals surface area contributed by atoms with Crippen LogP contribution in [-0.4, -0.2) is 15.0 Å². The van der Waals surface area contributed by atoms with Crippen LogP contribution in [0.5, 0.6) is 0 Å². The number of aromatic nitrogens is 3. The number of nitrogens with zero attached hydrogens (tertiary/aromatic N) is 3. The molecule has 51 heavy (non-hydrogen) atoms. The monoisotopic (exact) mass is 671 g/mol. The van der Waals surface area contributed by atoms with E-state index >= 15 is 0 Å². The first kappa shape index (κ1) is 30.6. The average molecular weight is 672 g/mol. The van der Waals surface area contributed by atoms with Crippen LogP contribution in [-0.2, 0) is 0 Å². The molecule has 3 nitrogen and oxygen atoms in total. The first-order chi connectivity index (χ1) is 25.2. The zero-order valence-electron chi connectivity index (χ0n) is 27.5. The van der Waals surface area contributed by atoms with Gasteiger partial charge >= 0.3 is 0 Å². The van der Waals surface area contributed by atoms with Crippen LogP contribution in [0.15, 0.2) is 182 Å². The van der Waals surface area contributed by atoms with Crippen LogP contribution < -0.4 is 0 Å². The molecule has 240 valence electrons. The van der Waals surface area contributed by atoms with Gasteiger partial charge in [0.2, 0.25) is 5.28 Å². The summed E-state index contributed by atoms with van der Waals surface area (Å²) in [5.74, 6) is 1.08. The summed E-state index contributed by atoms with van der Waals surface area (Å²) in [6, 6.07) is 63.9. The van der Waals surface area contributed by atoms with Crippen molar-refractivity contribution in [2.45, 2.75) is 0 Å². The second-order valence-electron chi connectivity index (χ2n) is 12.6. The summed E-state index contributed by atoms with van der Waals surface area (Å²) in [4.78, 5) is 13.9. The number of hydrogen-bond donors (Lipinski definition) is 0. The Labute approximate surface area is 301 Å². The lowest BCUT2D eigenvalue weighted by molar-refractivity contribution is 1.07. The second-order valence-corrected chi connectivity index (χ2v) is 13.0. The molecule has 0 aliphatic rings. The Morgan fingerprint density at radius 1 is 0.294 bits per heavy atom. The van der Waals surface area contributed by atoms with Crippen LogP contribution >= 0.6 is 11.6 Å². The Morgan fingerprint density at radius 3 is 1.53 bits per heavy atom. The molecule has 0 bridgehead atoms. The van der Waals surface area contributed by atoms with Crippen molar-refractivity contribution in [2.24, 2.45) is 0 Å². The zero-order valence-corrected chi connectivity index (χ0v) is 28.3. The minimum Gasteiger partial charge on any atom is -0.208 e. The van der Waals surface area contributed by atoms with Gasteiger partial charge in [0.25, 0.3) is 0 Å². The fraction of sp³-hybridized carbons (Fsp3) is 0. The molecule has 0 atom stereocenters. The van der Waals surface area contributed by atoms with Gasteiger partial charge in [-0.2, -0.15) is 9.97 Å². The summed E-state index contributed by atoms with van der Waals surface area (Å²) in [7, 11) is 0. The van der Waals surface area contributed by atoms with Crippen molar-refractivity contribution in [1.29, 1.82) is 0 Å². The molecule has 0 aliphatic carbocycles. The third-order valence-electron chi connectivity index (χ3n) is 9.49. The fourth-order valence-electron chi connectivity index (χ4n) is 6.90. The smallest absolute Gasteiger partial charge is 0.208 e. The Kier molecular flexibility index (Phi) is 7.88. The van der Waals surface area contributed by atoms with Gasteiger partial charge in [-0.15, -0.1) is 0 Å². The third-order valence-corrected chi connectivity index (χ3v) is 9.66. The molecule has 0 fully saturated rings. The quantitative estimate of drug-likeness (QED) is 0.177. The van der Waals surface area contributed by atoms with E-state index in [1.165, 1.54) is 38.6 Å². The molecule has 1 heterocycles. The van der Waals surface area contributed by atoms with Gasteiger partial charge in [0.05, 0.1) is 0 Å². The van der Waals surface area contributed by atoms with Gasteiger partial charge in [-0.25, -0.2) is 4.98 Å². The number of benzene rings is 8. The lowest BCUT2D eigenvalue weighted by atomic mass is 9.93. The van der Waals surface area contributed by atoms with Crippen molar-refractivity contribution in [3.63, 3.8) is 0 Å². The number of fused-ring (bicyclic) bond motifs is 2. The SMILES string of the molecule is Clc1nc(-c2ccc(-c3cccc4ccccc34)cc2)nc(-c2ccc3ccc(-c4ccc(-c5ccccc5-c5ccccc5)cc4)cc3c2)n1. The molecule has 0 aliphatic heterocycles. The maximum atomic E-state index is 6.51. The van der Waals surface area contributed by atoms with E-state index in [-0.39, 0.29) is 5.28 Å². The topological polar surface area (TPSA) is 38.7 Å². The number of hydrogen-bond acceptors (Lipinski definition) is 3. The fourth-order valence-corrected chi connectivity index (χ4v) is 7.06. The van der Waals surface area contributed by atoms with Crippen LogP contribution in [0.1, 0.15) is 0 Å². The standard InChI is InChI=1S/C47H30ClN3/c48-47-50-45(37-25-23-36(24-26-37)44-16-8-12-34-11-4-5-13-42(34)44)49-46(51-47)39-28-20-32-19-27-38(29-40(32)30-39)31-17-21-35(22-18-31)43-15-7-6-14-41(43)33-9-2-1-3-10-33/h1-30H. The summed E-state index contributed by atoms with van der Waals surface area (Å²) < 4.78 is 0. The van der Waals surface area contributed by atoms with Crippen LogP contribution in [0, 0.1) is 0 Å². The molecule has 0 unspecified atom stereocenters. The van der Waals surface area contributed by atoms with Crippen LogP contribution in [0.2, 0.25) is 5.28 Å². The van der Waals surface area contributed by atoms with E-state index in [1.807, 2.05) is 18.2 Å². The van der Waals surface area contributed by atoms with Gasteiger partial charge in [-0.05, 0) is 89.8 Å². The van der Waals surface area contributed by atoms with Crippen molar-refractivity contribution in [1.82, 2.24) is 15.0 Å². The van der Waals surface area contributed by atoms with Gasteiger partial charge in [0.15, 0.2) is 11.6 Å². The summed E-state index contributed by atoms with van der Waals surface area (Å²) in [5.41, 5.74) is 11.2. The molecule has 0 radical (unpaired) electrons. The minimum absolute atomic E-state index is 0.163. The molecule has 0 saturated heterocycles. The predicted molar refractivity (Wildman–Crippen MR) is 212 cm³/mol. The summed E-state index contributed by atoms with van der Waals surface area (Å²) in [6.07, 6.45) is 0. The van der Waals surface area contributed by atoms with E-state index in [0.29, 0.717) is 11.6 Å². The molecular formula is C47H30ClN3. The van der Waals surface area contributed by atoms with E-state index in [2.05, 4.69) is 174 Å². The highest BCUT2D eigenvalue weighted by molar-refractivity contribution is 6.28. The first-order valence-corrected chi connectivity index (χ1v) is 17.3. The van der Waals surface area contributed by atoms with Crippen molar-refractivity contribution in [3.8, 4) is 67.3 Å². The van der Waals surface area contributed by atoms with Crippen molar-refractivity contribution >= 4 is 33.1 Å². The molecule has 0 saturated carbocycles. The highest BCUT2D eigenvalue weighted by atomic mass is 35.5. The van der Waals surface area contributed by atoms with Crippen LogP contribution in [0.25, 0.3) is 88.8 Å². The molecule has 1 aromatic heterocycles. The van der Waals surface area contributed by atoms with Gasteiger partial charge < -0.3 is 0 Å². The van der Waals surface area contributed by atoms with E-state index < -0.39 is 0 Å². The van der Waals surface area contributed by atoms with E-state index in [0.717, 1.165) is 38.6 Å². The second kappa shape index (κ2) is 13.1. The number of halogens is 1.